The number of carboxylic acids is 2. The largest absolute Gasteiger partial charge is 0.480 e. The number of carboxylic acid groups (broad SMARTS) is 2. The van der Waals surface area contributed by atoms with Crippen molar-refractivity contribution in [2.45, 2.75) is 78.3 Å². The molecule has 2 heterocycles. The Hall–Kier alpha value is -5.00. The van der Waals surface area contributed by atoms with Crippen LogP contribution < -0.4 is 16.4 Å². The van der Waals surface area contributed by atoms with Crippen LogP contribution in [0.5, 0.6) is 0 Å². The van der Waals surface area contributed by atoms with E-state index in [0.29, 0.717) is 11.6 Å². The van der Waals surface area contributed by atoms with E-state index in [9.17, 15) is 43.9 Å². The number of rotatable bonds is 20. The molecule has 0 radical (unpaired) electrons. The lowest BCUT2D eigenvalue weighted by Crippen LogP contribution is -2.43. The van der Waals surface area contributed by atoms with Crippen LogP contribution in [0.2, 0.25) is 0 Å². The number of nitrogens with two attached hydrogens (primary N) is 1. The third-order valence-corrected chi connectivity index (χ3v) is 6.62. The quantitative estimate of drug-likeness (QED) is 0.113. The van der Waals surface area contributed by atoms with Crippen molar-refractivity contribution in [3.63, 3.8) is 0 Å². The molecule has 6 N–H and O–H groups in total. The van der Waals surface area contributed by atoms with Crippen molar-refractivity contribution < 1.29 is 39.0 Å². The summed E-state index contributed by atoms with van der Waals surface area (Å²) in [5, 5.41) is 26.1. The second-order valence-electron chi connectivity index (χ2n) is 11.3. The van der Waals surface area contributed by atoms with E-state index < -0.39 is 47.2 Å². The summed E-state index contributed by atoms with van der Waals surface area (Å²) in [4.78, 5) is 93.0. The van der Waals surface area contributed by atoms with Gasteiger partial charge in [-0.05, 0) is 6.42 Å². The first kappa shape index (κ1) is 36.2. The number of hydrogen-bond donors (Lipinski definition) is 5. The van der Waals surface area contributed by atoms with Gasteiger partial charge >= 0.3 is 11.9 Å². The van der Waals surface area contributed by atoms with Crippen LogP contribution in [0.1, 0.15) is 51.7 Å². The Morgan fingerprint density at radius 2 is 1.36 bits per heavy atom. The molecule has 2 rings (SSSR count). The fourth-order valence-corrected chi connectivity index (χ4v) is 4.05. The summed E-state index contributed by atoms with van der Waals surface area (Å²) in [5.74, 6) is -3.96. The van der Waals surface area contributed by atoms with Gasteiger partial charge in [0.2, 0.25) is 17.7 Å². The number of nitrogens with one attached hydrogen (secondary N) is 2. The summed E-state index contributed by atoms with van der Waals surface area (Å²) in [6.07, 6.45) is 5.36. The van der Waals surface area contributed by atoms with Crippen molar-refractivity contribution in [3.05, 3.63) is 41.3 Å². The van der Waals surface area contributed by atoms with Gasteiger partial charge in [0.05, 0.1) is 26.2 Å². The molecule has 2 aromatic rings. The molecule has 2 aromatic heterocycles. The van der Waals surface area contributed by atoms with Gasteiger partial charge in [-0.3, -0.25) is 24.1 Å². The maximum atomic E-state index is 13.0. The predicted octanol–water partition coefficient (Wildman–Crippen LogP) is -0.742. The van der Waals surface area contributed by atoms with Crippen molar-refractivity contribution in [1.29, 1.82) is 0 Å². The second-order valence-corrected chi connectivity index (χ2v) is 11.3. The second kappa shape index (κ2) is 16.7. The normalized spacial score (nSPS) is 12.7. The minimum absolute atomic E-state index is 0.0460. The first-order valence-corrected chi connectivity index (χ1v) is 14.0. The number of carbonyl (C=O) groups is 6. The van der Waals surface area contributed by atoms with Gasteiger partial charge in [0.15, 0.2) is 5.78 Å². The van der Waals surface area contributed by atoms with Crippen molar-refractivity contribution in [2.24, 2.45) is 16.3 Å². The highest BCUT2D eigenvalue weighted by Gasteiger charge is 2.27. The number of imidazole rings is 2. The smallest absolute Gasteiger partial charge is 0.326 e. The third kappa shape index (κ3) is 12.3. The van der Waals surface area contributed by atoms with Gasteiger partial charge < -0.3 is 35.7 Å². The van der Waals surface area contributed by atoms with Crippen LogP contribution >= 0.6 is 0 Å². The van der Waals surface area contributed by atoms with Gasteiger partial charge in [-0.15, -0.1) is 0 Å². The SMILES string of the molecule is CC(C)(C)C(=O)CN(Cc1nccn1CC(=O)N[C@@H](CCN=O)C(=O)O)Cc1nccn1CC(=O)N[C@@H](CCC(N)=O)C(=O)O. The number of amides is 3. The molecule has 0 aliphatic rings. The molecule has 0 aromatic carbocycles. The molecule has 0 aliphatic carbocycles. The number of carbonyl (C=O) groups excluding carboxylic acids is 4. The van der Waals surface area contributed by atoms with Crippen LogP contribution in [0.25, 0.3) is 0 Å². The highest BCUT2D eigenvalue weighted by Crippen LogP contribution is 2.17. The maximum Gasteiger partial charge on any atom is 0.326 e. The Morgan fingerprint density at radius 1 is 0.889 bits per heavy atom. The molecule has 3 amide bonds. The number of aromatic nitrogens is 4. The van der Waals surface area contributed by atoms with E-state index in [1.807, 2.05) is 0 Å². The minimum atomic E-state index is -1.32. The number of nitrogens with zero attached hydrogens (tertiary/aromatic N) is 6. The van der Waals surface area contributed by atoms with Gasteiger partial charge in [-0.1, -0.05) is 25.9 Å². The van der Waals surface area contributed by atoms with Gasteiger partial charge in [-0.25, -0.2) is 19.6 Å². The Kier molecular flexibility index (Phi) is 13.5. The number of nitroso groups, excluding NO2 is 1. The summed E-state index contributed by atoms with van der Waals surface area (Å²) in [6, 6.07) is -2.62. The molecule has 246 valence electrons. The van der Waals surface area contributed by atoms with Gasteiger partial charge in [-0.2, -0.15) is 4.91 Å². The van der Waals surface area contributed by atoms with E-state index in [1.54, 1.807) is 25.7 Å². The topological polar surface area (TPSA) is 261 Å². The summed E-state index contributed by atoms with van der Waals surface area (Å²) in [6.45, 7) is 4.50. The number of aliphatic carboxylic acids is 2. The van der Waals surface area contributed by atoms with Crippen molar-refractivity contribution in [2.75, 3.05) is 13.1 Å². The Labute approximate surface area is 258 Å². The summed E-state index contributed by atoms with van der Waals surface area (Å²) < 4.78 is 2.97. The van der Waals surface area contributed by atoms with E-state index in [4.69, 9.17) is 5.73 Å². The van der Waals surface area contributed by atoms with Crippen molar-refractivity contribution >= 4 is 35.4 Å². The van der Waals surface area contributed by atoms with Gasteiger partial charge in [0.1, 0.15) is 36.8 Å². The standard InChI is InChI=1S/C27H39N9O9/c1-27(2,3)19(37)12-34(14-22-30-9-11-36(22)16-24(40)33-18(26(43)44)6-7-31-45)13-21-29-8-10-35(21)15-23(39)32-17(25(41)42)4-5-20(28)38/h8-11,17-18H,4-7,12-16H2,1-3H3,(H2,28,38)(H,32,39)(H,33,40)(H,41,42)(H,43,44)/t17-,18-/m0/s1. The fourth-order valence-electron chi connectivity index (χ4n) is 4.05. The van der Waals surface area contributed by atoms with E-state index in [1.165, 1.54) is 33.9 Å². The molecular weight excluding hydrogens is 594 g/mol. The zero-order valence-corrected chi connectivity index (χ0v) is 25.3. The lowest BCUT2D eigenvalue weighted by molar-refractivity contribution is -0.142. The fraction of sp³-hybridized carbons (Fsp3) is 0.556. The van der Waals surface area contributed by atoms with Gasteiger partial charge in [0, 0.05) is 43.0 Å². The first-order chi connectivity index (χ1) is 21.1. The zero-order valence-electron chi connectivity index (χ0n) is 25.3. The van der Waals surface area contributed by atoms with E-state index in [2.05, 4.69) is 25.8 Å². The molecule has 2 atom stereocenters. The summed E-state index contributed by atoms with van der Waals surface area (Å²) >= 11 is 0. The zero-order chi connectivity index (χ0) is 33.7. The van der Waals surface area contributed by atoms with E-state index >= 15 is 0 Å². The van der Waals surface area contributed by atoms with Crippen LogP contribution in [0.3, 0.4) is 0 Å². The molecule has 0 spiro atoms. The number of hydrogen-bond acceptors (Lipinski definition) is 11. The van der Waals surface area contributed by atoms with Crippen molar-refractivity contribution in [3.8, 4) is 0 Å². The Bertz CT molecular complexity index is 1380. The van der Waals surface area contributed by atoms with Crippen LogP contribution in [-0.2, 0) is 54.9 Å². The van der Waals surface area contributed by atoms with Crippen LogP contribution in [0, 0.1) is 10.3 Å². The molecule has 0 fully saturated rings. The molecular formula is C27H39N9O9. The average molecular weight is 634 g/mol. The minimum Gasteiger partial charge on any atom is -0.480 e. The lowest BCUT2D eigenvalue weighted by atomic mass is 9.90. The molecule has 0 bridgehead atoms. The lowest BCUT2D eigenvalue weighted by Gasteiger charge is -2.26. The van der Waals surface area contributed by atoms with Crippen LogP contribution in [0.4, 0.5) is 0 Å². The maximum absolute atomic E-state index is 13.0. The number of Topliss-reactive ketones (excluding diaryl/α,β-unsaturated/α-hetero) is 1. The predicted molar refractivity (Wildman–Crippen MR) is 156 cm³/mol. The molecule has 0 saturated heterocycles. The molecule has 0 aliphatic heterocycles. The Morgan fingerprint density at radius 3 is 1.76 bits per heavy atom. The van der Waals surface area contributed by atoms with Crippen LogP contribution in [0.15, 0.2) is 30.0 Å². The molecule has 18 nitrogen and oxygen atoms in total. The van der Waals surface area contributed by atoms with Crippen molar-refractivity contribution in [1.82, 2.24) is 34.6 Å². The monoisotopic (exact) mass is 633 g/mol. The molecule has 45 heavy (non-hydrogen) atoms. The van der Waals surface area contributed by atoms with E-state index in [0.717, 1.165) is 0 Å². The number of ketones is 1. The summed E-state index contributed by atoms with van der Waals surface area (Å²) in [5.41, 5.74) is 4.40. The van der Waals surface area contributed by atoms with E-state index in [-0.39, 0.29) is 64.3 Å². The first-order valence-electron chi connectivity index (χ1n) is 14.0. The number of primary amides is 1. The highest BCUT2D eigenvalue weighted by molar-refractivity contribution is 5.86. The van der Waals surface area contributed by atoms with Gasteiger partial charge in [0.25, 0.3) is 0 Å². The highest BCUT2D eigenvalue weighted by atomic mass is 16.4. The average Bonchev–Trinajstić information content (AvgIpc) is 3.56. The Balaban J connectivity index is 2.20. The molecule has 0 saturated carbocycles. The third-order valence-electron chi connectivity index (χ3n) is 6.62. The molecule has 18 heteroatoms. The van der Waals surface area contributed by atoms with Crippen LogP contribution in [-0.4, -0.2) is 94.8 Å². The molecule has 0 unspecified atom stereocenters. The summed E-state index contributed by atoms with van der Waals surface area (Å²) in [7, 11) is 0.